The topological polar surface area (TPSA) is 0 Å². The van der Waals surface area contributed by atoms with E-state index in [9.17, 15) is 17.6 Å². The molecule has 0 aliphatic carbocycles. The summed E-state index contributed by atoms with van der Waals surface area (Å²) in [7, 11) is 0. The lowest BCUT2D eigenvalue weighted by molar-refractivity contribution is 0.543. The van der Waals surface area contributed by atoms with Crippen LogP contribution in [0.1, 0.15) is 40.0 Å². The standard InChI is InChI=1S/C29H34F4/c1-11-12-13-19(4)14-15-20(5)24(9)28(32)29(33)25(10)22(7)17-16-21(6)23(8)27(31)26(30)18(2)3/h11,15-17,19H,1-2,6-10,12-14H2,3-5H3/b17-16-,20-15+,27-26-,29-28-. The minimum atomic E-state index is -1.20. The second-order valence-electron chi connectivity index (χ2n) is 7.95. The van der Waals surface area contributed by atoms with Crippen LogP contribution in [0.3, 0.4) is 0 Å². The van der Waals surface area contributed by atoms with Crippen molar-refractivity contribution in [2.75, 3.05) is 0 Å². The average Bonchev–Trinajstić information content (AvgIpc) is 2.80. The van der Waals surface area contributed by atoms with Crippen LogP contribution in [0.5, 0.6) is 0 Å². The maximum absolute atomic E-state index is 14.7. The molecule has 0 N–H and O–H groups in total. The van der Waals surface area contributed by atoms with E-state index < -0.39 is 23.3 Å². The van der Waals surface area contributed by atoms with E-state index in [1.165, 1.54) is 19.1 Å². The van der Waals surface area contributed by atoms with Gasteiger partial charge in [0.25, 0.3) is 0 Å². The molecule has 0 aromatic heterocycles. The van der Waals surface area contributed by atoms with Crippen molar-refractivity contribution in [3.63, 3.8) is 0 Å². The summed E-state index contributed by atoms with van der Waals surface area (Å²) in [4.78, 5) is 0. The Balaban J connectivity index is 5.40. The van der Waals surface area contributed by atoms with E-state index >= 15 is 0 Å². The van der Waals surface area contributed by atoms with E-state index in [4.69, 9.17) is 0 Å². The predicted octanol–water partition coefficient (Wildman–Crippen LogP) is 10.1. The van der Waals surface area contributed by atoms with Crippen molar-refractivity contribution in [3.8, 4) is 0 Å². The molecule has 1 atom stereocenters. The summed E-state index contributed by atoms with van der Waals surface area (Å²) in [5.74, 6) is -4.30. The summed E-state index contributed by atoms with van der Waals surface area (Å²) in [5.41, 5.74) is -0.217. The van der Waals surface area contributed by atoms with Gasteiger partial charge in [0.05, 0.1) is 0 Å². The minimum absolute atomic E-state index is 0.0221. The van der Waals surface area contributed by atoms with Crippen molar-refractivity contribution < 1.29 is 17.6 Å². The van der Waals surface area contributed by atoms with E-state index in [0.29, 0.717) is 17.9 Å². The lowest BCUT2D eigenvalue weighted by atomic mass is 9.97. The van der Waals surface area contributed by atoms with Gasteiger partial charge in [-0.1, -0.05) is 70.7 Å². The molecular weight excluding hydrogens is 424 g/mol. The predicted molar refractivity (Wildman–Crippen MR) is 135 cm³/mol. The third kappa shape index (κ3) is 9.48. The molecule has 0 amide bonds. The second-order valence-corrected chi connectivity index (χ2v) is 7.95. The quantitative estimate of drug-likeness (QED) is 0.138. The van der Waals surface area contributed by atoms with Gasteiger partial charge in [0.15, 0.2) is 23.3 Å². The van der Waals surface area contributed by atoms with E-state index in [0.717, 1.165) is 12.8 Å². The van der Waals surface area contributed by atoms with Crippen molar-refractivity contribution in [2.24, 2.45) is 5.92 Å². The van der Waals surface area contributed by atoms with Crippen LogP contribution in [0.2, 0.25) is 0 Å². The van der Waals surface area contributed by atoms with Crippen LogP contribution in [-0.4, -0.2) is 0 Å². The highest BCUT2D eigenvalue weighted by atomic mass is 19.2. The van der Waals surface area contributed by atoms with E-state index in [-0.39, 0.29) is 33.4 Å². The third-order valence-electron chi connectivity index (χ3n) is 4.98. The molecule has 1 unspecified atom stereocenters. The highest BCUT2D eigenvalue weighted by Gasteiger charge is 2.16. The normalized spacial score (nSPS) is 14.2. The number of hydrogen-bond acceptors (Lipinski definition) is 0. The number of allylic oxidation sites excluding steroid dienone is 15. The third-order valence-corrected chi connectivity index (χ3v) is 4.98. The Bertz CT molecular complexity index is 977. The molecule has 0 aliphatic heterocycles. The van der Waals surface area contributed by atoms with Gasteiger partial charge in [-0.05, 0) is 61.3 Å². The van der Waals surface area contributed by atoms with Crippen LogP contribution < -0.4 is 0 Å². The van der Waals surface area contributed by atoms with Crippen LogP contribution in [-0.2, 0) is 0 Å². The first-order chi connectivity index (χ1) is 15.3. The van der Waals surface area contributed by atoms with Crippen molar-refractivity contribution in [1.82, 2.24) is 0 Å². The summed E-state index contributed by atoms with van der Waals surface area (Å²) in [6, 6.07) is 0. The molecule has 0 aliphatic rings. The molecule has 0 spiro atoms. The summed E-state index contributed by atoms with van der Waals surface area (Å²) in [6.07, 6.45) is 8.73. The number of halogens is 4. The largest absolute Gasteiger partial charge is 0.203 e. The fourth-order valence-corrected chi connectivity index (χ4v) is 2.46. The van der Waals surface area contributed by atoms with E-state index in [2.05, 4.69) is 53.0 Å². The first kappa shape index (κ1) is 29.9. The fourth-order valence-electron chi connectivity index (χ4n) is 2.46. The molecule has 33 heavy (non-hydrogen) atoms. The van der Waals surface area contributed by atoms with Gasteiger partial charge >= 0.3 is 0 Å². The first-order valence-electron chi connectivity index (χ1n) is 10.4. The molecule has 0 fully saturated rings. The summed E-state index contributed by atoms with van der Waals surface area (Å²) in [6.45, 7) is 29.9. The van der Waals surface area contributed by atoms with E-state index in [1.54, 1.807) is 6.92 Å². The average molecular weight is 459 g/mol. The Morgan fingerprint density at radius 1 is 0.727 bits per heavy atom. The van der Waals surface area contributed by atoms with Crippen LogP contribution >= 0.6 is 0 Å². The highest BCUT2D eigenvalue weighted by Crippen LogP contribution is 2.31. The molecule has 0 nitrogen and oxygen atoms in total. The summed E-state index contributed by atoms with van der Waals surface area (Å²) >= 11 is 0. The van der Waals surface area contributed by atoms with Gasteiger partial charge in [0.2, 0.25) is 0 Å². The van der Waals surface area contributed by atoms with Gasteiger partial charge < -0.3 is 0 Å². The molecule has 4 heteroatoms. The zero-order valence-electron chi connectivity index (χ0n) is 20.0. The van der Waals surface area contributed by atoms with E-state index in [1.807, 2.05) is 12.2 Å². The smallest absolute Gasteiger partial charge is 0.166 e. The molecular formula is C29H34F4. The Labute approximate surface area is 196 Å². The first-order valence-corrected chi connectivity index (χ1v) is 10.4. The molecule has 0 heterocycles. The summed E-state index contributed by atoms with van der Waals surface area (Å²) in [5, 5.41) is 0. The molecule has 0 saturated heterocycles. The van der Waals surface area contributed by atoms with Gasteiger partial charge in [0.1, 0.15) is 0 Å². The molecule has 0 aromatic carbocycles. The van der Waals surface area contributed by atoms with Crippen LogP contribution in [0.15, 0.2) is 133 Å². The van der Waals surface area contributed by atoms with Crippen LogP contribution in [0, 0.1) is 5.92 Å². The van der Waals surface area contributed by atoms with Crippen molar-refractivity contribution >= 4 is 0 Å². The molecule has 0 bridgehead atoms. The summed E-state index contributed by atoms with van der Waals surface area (Å²) < 4.78 is 57.0. The Morgan fingerprint density at radius 3 is 1.58 bits per heavy atom. The number of rotatable bonds is 14. The molecule has 0 rings (SSSR count). The van der Waals surface area contributed by atoms with Crippen molar-refractivity contribution in [2.45, 2.75) is 40.0 Å². The minimum Gasteiger partial charge on any atom is -0.203 e. The van der Waals surface area contributed by atoms with Gasteiger partial charge in [-0.3, -0.25) is 0 Å². The monoisotopic (exact) mass is 458 g/mol. The zero-order valence-corrected chi connectivity index (χ0v) is 20.0. The van der Waals surface area contributed by atoms with Gasteiger partial charge in [-0.25, -0.2) is 17.6 Å². The van der Waals surface area contributed by atoms with Gasteiger partial charge in [-0.2, -0.15) is 0 Å². The molecule has 0 aromatic rings. The maximum Gasteiger partial charge on any atom is 0.166 e. The lowest BCUT2D eigenvalue weighted by Crippen LogP contribution is -1.96. The van der Waals surface area contributed by atoms with Gasteiger partial charge in [0, 0.05) is 16.7 Å². The Morgan fingerprint density at radius 2 is 1.15 bits per heavy atom. The maximum atomic E-state index is 14.7. The zero-order chi connectivity index (χ0) is 25.9. The molecule has 178 valence electrons. The SMILES string of the molecule is C=CCCC(C)C/C=C(\C)C(=C)/C(F)=C(/F)C(=C)C(=C)/C=C\C(=C)C(=C)/C(F)=C(/F)C(=C)C. The highest BCUT2D eigenvalue weighted by molar-refractivity contribution is 5.55. The molecule has 0 radical (unpaired) electrons. The second kappa shape index (κ2) is 14.1. The van der Waals surface area contributed by atoms with Crippen LogP contribution in [0.25, 0.3) is 0 Å². The van der Waals surface area contributed by atoms with Crippen LogP contribution in [0.4, 0.5) is 17.6 Å². The van der Waals surface area contributed by atoms with Gasteiger partial charge in [-0.15, -0.1) is 6.58 Å². The number of hydrogen-bond donors (Lipinski definition) is 0. The Hall–Kier alpha value is -3.14. The molecule has 0 saturated carbocycles. The lowest BCUT2D eigenvalue weighted by Gasteiger charge is -2.11. The van der Waals surface area contributed by atoms with Crippen molar-refractivity contribution in [3.05, 3.63) is 133 Å². The Kier molecular flexibility index (Phi) is 12.8. The fraction of sp³-hybridized carbons (Fsp3) is 0.241. The van der Waals surface area contributed by atoms with Crippen molar-refractivity contribution in [1.29, 1.82) is 0 Å².